The van der Waals surface area contributed by atoms with Gasteiger partial charge in [0.1, 0.15) is 0 Å². The van der Waals surface area contributed by atoms with Gasteiger partial charge in [-0.3, -0.25) is 0 Å². The molecule has 1 saturated heterocycles. The third kappa shape index (κ3) is 4.09. The lowest BCUT2D eigenvalue weighted by Crippen LogP contribution is -2.52. The quantitative estimate of drug-likeness (QED) is 0.859. The molecule has 0 aliphatic carbocycles. The zero-order valence-electron chi connectivity index (χ0n) is 12.6. The van der Waals surface area contributed by atoms with Gasteiger partial charge in [0.2, 0.25) is 0 Å². The Morgan fingerprint density at radius 2 is 1.95 bits per heavy atom. The molecule has 0 bridgehead atoms. The van der Waals surface area contributed by atoms with Crippen LogP contribution in [0, 0.1) is 5.92 Å². The summed E-state index contributed by atoms with van der Waals surface area (Å²) in [4.78, 5) is 13.9. The summed E-state index contributed by atoms with van der Waals surface area (Å²) >= 11 is 0. The van der Waals surface area contributed by atoms with Crippen molar-refractivity contribution >= 4 is 15.9 Å². The summed E-state index contributed by atoms with van der Waals surface area (Å²) in [5.74, 6) is 0.645. The van der Waals surface area contributed by atoms with E-state index in [9.17, 15) is 13.2 Å². The van der Waals surface area contributed by atoms with E-state index in [4.69, 9.17) is 0 Å². The maximum atomic E-state index is 12.1. The smallest absolute Gasteiger partial charge is 0.317 e. The molecular weight excluding hydrogens is 264 g/mol. The molecule has 0 aromatic heterocycles. The standard InChI is InChI=1S/C13H26N2O3S/c1-10-6-7-15(11(2)8-10)12(16)14-9-13(3,4)19(5,17)18/h10-11H,6-9H2,1-5H3,(H,14,16). The lowest BCUT2D eigenvalue weighted by atomic mass is 9.94. The van der Waals surface area contributed by atoms with Crippen molar-refractivity contribution in [2.45, 2.75) is 51.3 Å². The summed E-state index contributed by atoms with van der Waals surface area (Å²) in [7, 11) is -3.18. The number of nitrogens with one attached hydrogen (secondary N) is 1. The maximum Gasteiger partial charge on any atom is 0.317 e. The predicted molar refractivity (Wildman–Crippen MR) is 76.9 cm³/mol. The highest BCUT2D eigenvalue weighted by molar-refractivity contribution is 7.92. The van der Waals surface area contributed by atoms with E-state index in [1.54, 1.807) is 18.7 Å². The molecular formula is C13H26N2O3S. The minimum absolute atomic E-state index is 0.142. The van der Waals surface area contributed by atoms with Crippen LogP contribution >= 0.6 is 0 Å². The van der Waals surface area contributed by atoms with Gasteiger partial charge in [0, 0.05) is 25.4 Å². The van der Waals surface area contributed by atoms with Crippen molar-refractivity contribution in [1.29, 1.82) is 0 Å². The number of piperidine rings is 1. The van der Waals surface area contributed by atoms with Crippen LogP contribution in [-0.4, -0.2) is 49.5 Å². The van der Waals surface area contributed by atoms with E-state index < -0.39 is 14.6 Å². The SMILES string of the molecule is CC1CCN(C(=O)NCC(C)(C)S(C)(=O)=O)C(C)C1. The number of sulfone groups is 1. The van der Waals surface area contributed by atoms with Crippen LogP contribution in [0.3, 0.4) is 0 Å². The highest BCUT2D eigenvalue weighted by Crippen LogP contribution is 2.22. The van der Waals surface area contributed by atoms with E-state index in [2.05, 4.69) is 12.2 Å². The highest BCUT2D eigenvalue weighted by atomic mass is 32.2. The number of rotatable bonds is 3. The second-order valence-corrected chi connectivity index (χ2v) is 9.01. The number of hydrogen-bond donors (Lipinski definition) is 1. The second kappa shape index (κ2) is 5.69. The Morgan fingerprint density at radius 3 is 2.42 bits per heavy atom. The number of likely N-dealkylation sites (tertiary alicyclic amines) is 1. The van der Waals surface area contributed by atoms with Gasteiger partial charge in [-0.15, -0.1) is 0 Å². The van der Waals surface area contributed by atoms with Crippen LogP contribution in [0.1, 0.15) is 40.5 Å². The summed E-state index contributed by atoms with van der Waals surface area (Å²) in [5, 5.41) is 2.75. The summed E-state index contributed by atoms with van der Waals surface area (Å²) in [6.45, 7) is 8.38. The number of urea groups is 1. The molecule has 1 heterocycles. The number of hydrogen-bond acceptors (Lipinski definition) is 3. The lowest BCUT2D eigenvalue weighted by molar-refractivity contribution is 0.139. The van der Waals surface area contributed by atoms with Gasteiger partial charge < -0.3 is 10.2 Å². The van der Waals surface area contributed by atoms with E-state index in [0.717, 1.165) is 19.4 Å². The number of carbonyl (C=O) groups is 1. The van der Waals surface area contributed by atoms with Crippen LogP contribution in [0.25, 0.3) is 0 Å². The number of carbonyl (C=O) groups excluding carboxylic acids is 1. The Morgan fingerprint density at radius 1 is 1.37 bits per heavy atom. The van der Waals surface area contributed by atoms with E-state index in [-0.39, 0.29) is 18.6 Å². The Labute approximate surface area is 116 Å². The molecule has 1 fully saturated rings. The molecule has 0 radical (unpaired) electrons. The molecule has 0 aromatic rings. The van der Waals surface area contributed by atoms with Gasteiger partial charge in [-0.25, -0.2) is 13.2 Å². The van der Waals surface area contributed by atoms with Crippen molar-refractivity contribution in [1.82, 2.24) is 10.2 Å². The molecule has 2 unspecified atom stereocenters. The third-order valence-electron chi connectivity index (χ3n) is 4.07. The highest BCUT2D eigenvalue weighted by Gasteiger charge is 2.32. The molecule has 2 amide bonds. The predicted octanol–water partition coefficient (Wildman–Crippen LogP) is 1.64. The van der Waals surface area contributed by atoms with Crippen molar-refractivity contribution in [3.8, 4) is 0 Å². The Bertz CT molecular complexity index is 431. The average molecular weight is 290 g/mol. The molecule has 19 heavy (non-hydrogen) atoms. The first-order chi connectivity index (χ1) is 8.54. The fourth-order valence-corrected chi connectivity index (χ4v) is 2.56. The van der Waals surface area contributed by atoms with E-state index in [0.29, 0.717) is 5.92 Å². The van der Waals surface area contributed by atoms with Crippen molar-refractivity contribution in [3.63, 3.8) is 0 Å². The first-order valence-electron chi connectivity index (χ1n) is 6.78. The first-order valence-corrected chi connectivity index (χ1v) is 8.68. The van der Waals surface area contributed by atoms with Crippen LogP contribution in [0.15, 0.2) is 0 Å². The van der Waals surface area contributed by atoms with Gasteiger partial charge >= 0.3 is 6.03 Å². The Kier molecular flexibility index (Phi) is 4.87. The molecule has 1 aliphatic rings. The fourth-order valence-electron chi connectivity index (χ4n) is 2.23. The molecule has 112 valence electrons. The molecule has 1 N–H and O–H groups in total. The summed E-state index contributed by atoms with van der Waals surface area (Å²) in [6.07, 6.45) is 3.21. The molecule has 1 aliphatic heterocycles. The Balaban J connectivity index is 2.57. The third-order valence-corrected chi connectivity index (χ3v) is 6.22. The van der Waals surface area contributed by atoms with Gasteiger partial charge in [0.15, 0.2) is 9.84 Å². The molecule has 5 nitrogen and oxygen atoms in total. The van der Waals surface area contributed by atoms with Crippen molar-refractivity contribution in [2.24, 2.45) is 5.92 Å². The summed E-state index contributed by atoms with van der Waals surface area (Å²) in [5.41, 5.74) is 0. The van der Waals surface area contributed by atoms with Crippen LogP contribution in [0.2, 0.25) is 0 Å². The number of nitrogens with zero attached hydrogens (tertiary/aromatic N) is 1. The zero-order chi connectivity index (χ0) is 14.8. The molecule has 0 saturated carbocycles. The lowest BCUT2D eigenvalue weighted by Gasteiger charge is -2.37. The van der Waals surface area contributed by atoms with E-state index >= 15 is 0 Å². The second-order valence-electron chi connectivity index (χ2n) is 6.36. The summed E-state index contributed by atoms with van der Waals surface area (Å²) < 4.78 is 22.2. The van der Waals surface area contributed by atoms with Gasteiger partial charge in [-0.2, -0.15) is 0 Å². The molecule has 0 aromatic carbocycles. The monoisotopic (exact) mass is 290 g/mol. The van der Waals surface area contributed by atoms with Crippen LogP contribution in [0.4, 0.5) is 4.79 Å². The topological polar surface area (TPSA) is 66.5 Å². The largest absolute Gasteiger partial charge is 0.336 e. The zero-order valence-corrected chi connectivity index (χ0v) is 13.4. The van der Waals surface area contributed by atoms with Crippen LogP contribution in [0.5, 0.6) is 0 Å². The molecule has 1 rings (SSSR count). The Hall–Kier alpha value is -0.780. The number of amides is 2. The fraction of sp³-hybridized carbons (Fsp3) is 0.923. The maximum absolute atomic E-state index is 12.1. The van der Waals surface area contributed by atoms with Gasteiger partial charge in [-0.05, 0) is 39.5 Å². The molecule has 0 spiro atoms. The molecule has 6 heteroatoms. The normalized spacial score (nSPS) is 25.2. The van der Waals surface area contributed by atoms with E-state index in [1.807, 2.05) is 6.92 Å². The van der Waals surface area contributed by atoms with Crippen molar-refractivity contribution < 1.29 is 13.2 Å². The van der Waals surface area contributed by atoms with Gasteiger partial charge in [0.05, 0.1) is 4.75 Å². The van der Waals surface area contributed by atoms with Crippen LogP contribution in [-0.2, 0) is 9.84 Å². The van der Waals surface area contributed by atoms with Gasteiger partial charge in [-0.1, -0.05) is 6.92 Å². The average Bonchev–Trinajstić information content (AvgIpc) is 2.24. The minimum Gasteiger partial charge on any atom is -0.336 e. The van der Waals surface area contributed by atoms with E-state index in [1.165, 1.54) is 6.26 Å². The van der Waals surface area contributed by atoms with Crippen LogP contribution < -0.4 is 5.32 Å². The summed E-state index contributed by atoms with van der Waals surface area (Å²) in [6, 6.07) is 0.0567. The van der Waals surface area contributed by atoms with Crippen molar-refractivity contribution in [2.75, 3.05) is 19.3 Å². The van der Waals surface area contributed by atoms with Gasteiger partial charge in [0.25, 0.3) is 0 Å². The molecule has 2 atom stereocenters. The minimum atomic E-state index is -3.18. The first kappa shape index (κ1) is 16.3. The van der Waals surface area contributed by atoms with Crippen molar-refractivity contribution in [3.05, 3.63) is 0 Å².